The SMILES string of the molecule is CN(c1c(Cl)c(C(=O)NC2C3CC4CC2CC(O)(C4)C3)nn1C)[C@H]1CCCN(S(=O)(=O)c2cccc(F)c2)C1. The summed E-state index contributed by atoms with van der Waals surface area (Å²) >= 11 is 6.77. The lowest BCUT2D eigenvalue weighted by molar-refractivity contribution is -0.136. The molecule has 12 heteroatoms. The van der Waals surface area contributed by atoms with Crippen LogP contribution in [0.25, 0.3) is 0 Å². The summed E-state index contributed by atoms with van der Waals surface area (Å²) in [7, 11) is -0.317. The lowest BCUT2D eigenvalue weighted by Crippen LogP contribution is -2.61. The number of rotatable bonds is 6. The van der Waals surface area contributed by atoms with E-state index >= 15 is 0 Å². The standard InChI is InChI=1S/C27H35ClFN5O4S/c1-32(20-6-4-8-34(15-20)39(37,38)21-7-3-5-19(29)11-21)26-22(28)24(31-33(26)2)25(35)30-23-17-9-16-10-18(23)14-27(36,12-16)13-17/h3,5,7,11,16-18,20,23,36H,4,6,8-10,12-15H2,1-2H3,(H,30,35)/t16?,17?,18?,20-,23?,27?/m0/s1. The van der Waals surface area contributed by atoms with Gasteiger partial charge in [0.25, 0.3) is 5.91 Å². The van der Waals surface area contributed by atoms with Gasteiger partial charge in [-0.25, -0.2) is 12.8 Å². The summed E-state index contributed by atoms with van der Waals surface area (Å²) in [6.45, 7) is 0.545. The number of likely N-dealkylation sites (N-methyl/N-ethyl adjacent to an activating group) is 1. The molecule has 5 aliphatic rings. The van der Waals surface area contributed by atoms with Crippen LogP contribution in [-0.2, 0) is 17.1 Å². The average molecular weight is 580 g/mol. The van der Waals surface area contributed by atoms with Crippen LogP contribution in [0.4, 0.5) is 10.2 Å². The second-order valence-electron chi connectivity index (χ2n) is 12.0. The van der Waals surface area contributed by atoms with E-state index in [2.05, 4.69) is 10.4 Å². The van der Waals surface area contributed by atoms with E-state index in [1.807, 2.05) is 11.9 Å². The number of aromatic nitrogens is 2. The predicted molar refractivity (Wildman–Crippen MR) is 145 cm³/mol. The van der Waals surface area contributed by atoms with Crippen LogP contribution in [0.1, 0.15) is 55.4 Å². The van der Waals surface area contributed by atoms with E-state index in [0.29, 0.717) is 24.7 Å². The number of nitrogens with one attached hydrogen (secondary N) is 1. The van der Waals surface area contributed by atoms with Crippen molar-refractivity contribution in [1.29, 1.82) is 0 Å². The Hall–Kier alpha value is -2.21. The highest BCUT2D eigenvalue weighted by Gasteiger charge is 2.55. The molecule has 0 radical (unpaired) electrons. The van der Waals surface area contributed by atoms with E-state index in [1.165, 1.54) is 22.5 Å². The highest BCUT2D eigenvalue weighted by atomic mass is 35.5. The quantitative estimate of drug-likeness (QED) is 0.544. The molecule has 1 aromatic carbocycles. The average Bonchev–Trinajstić information content (AvgIpc) is 3.18. The number of aryl methyl sites for hydroxylation is 1. The lowest BCUT2D eigenvalue weighted by Gasteiger charge is -2.58. The molecule has 39 heavy (non-hydrogen) atoms. The number of halogens is 2. The molecule has 1 aromatic heterocycles. The monoisotopic (exact) mass is 579 g/mol. The first-order chi connectivity index (χ1) is 18.4. The van der Waals surface area contributed by atoms with Gasteiger partial charge in [0.2, 0.25) is 10.0 Å². The number of amides is 1. The summed E-state index contributed by atoms with van der Waals surface area (Å²) in [4.78, 5) is 15.2. The summed E-state index contributed by atoms with van der Waals surface area (Å²) in [6.07, 6.45) is 5.75. The molecule has 5 fully saturated rings. The van der Waals surface area contributed by atoms with Crippen LogP contribution in [0, 0.1) is 23.6 Å². The van der Waals surface area contributed by atoms with Crippen molar-refractivity contribution in [3.05, 3.63) is 40.8 Å². The van der Waals surface area contributed by atoms with Crippen molar-refractivity contribution in [2.45, 2.75) is 67.5 Å². The predicted octanol–water partition coefficient (Wildman–Crippen LogP) is 3.17. The zero-order valence-corrected chi connectivity index (χ0v) is 23.8. The fourth-order valence-electron chi connectivity index (χ4n) is 7.86. The van der Waals surface area contributed by atoms with E-state index in [0.717, 1.165) is 44.6 Å². The second-order valence-corrected chi connectivity index (χ2v) is 14.3. The molecule has 1 amide bonds. The number of hydrogen-bond donors (Lipinski definition) is 2. The first kappa shape index (κ1) is 27.0. The Morgan fingerprint density at radius 3 is 2.64 bits per heavy atom. The van der Waals surface area contributed by atoms with Gasteiger partial charge in [-0.1, -0.05) is 17.7 Å². The van der Waals surface area contributed by atoms with Gasteiger partial charge in [-0.2, -0.15) is 9.40 Å². The molecule has 9 nitrogen and oxygen atoms in total. The van der Waals surface area contributed by atoms with Gasteiger partial charge in [0, 0.05) is 39.3 Å². The molecule has 1 aliphatic heterocycles. The van der Waals surface area contributed by atoms with Gasteiger partial charge in [-0.05, 0) is 80.9 Å². The Balaban J connectivity index is 1.18. The van der Waals surface area contributed by atoms with Crippen LogP contribution in [0.2, 0.25) is 5.02 Å². The maximum atomic E-state index is 13.7. The fourth-order valence-corrected chi connectivity index (χ4v) is 9.79. The van der Waals surface area contributed by atoms with Gasteiger partial charge >= 0.3 is 0 Å². The summed E-state index contributed by atoms with van der Waals surface area (Å²) in [6, 6.07) is 4.84. The third-order valence-corrected chi connectivity index (χ3v) is 11.6. The van der Waals surface area contributed by atoms with Crippen molar-refractivity contribution in [2.75, 3.05) is 25.0 Å². The number of anilines is 1. The summed E-state index contributed by atoms with van der Waals surface area (Å²) in [5.74, 6) is 0.693. The van der Waals surface area contributed by atoms with Crippen LogP contribution in [0.5, 0.6) is 0 Å². The van der Waals surface area contributed by atoms with Gasteiger partial charge in [0.15, 0.2) is 5.69 Å². The number of benzene rings is 1. The summed E-state index contributed by atoms with van der Waals surface area (Å²) in [5, 5.41) is 18.8. The molecule has 4 aliphatic carbocycles. The van der Waals surface area contributed by atoms with E-state index in [9.17, 15) is 22.7 Å². The minimum absolute atomic E-state index is 0.00788. The van der Waals surface area contributed by atoms with Crippen LogP contribution >= 0.6 is 11.6 Å². The topological polar surface area (TPSA) is 108 Å². The van der Waals surface area contributed by atoms with Crippen LogP contribution < -0.4 is 10.2 Å². The summed E-state index contributed by atoms with van der Waals surface area (Å²) < 4.78 is 43.1. The van der Waals surface area contributed by atoms with Gasteiger partial charge in [-0.15, -0.1) is 0 Å². The first-order valence-electron chi connectivity index (χ1n) is 13.7. The Morgan fingerprint density at radius 2 is 1.97 bits per heavy atom. The molecule has 1 saturated heterocycles. The Morgan fingerprint density at radius 1 is 1.26 bits per heavy atom. The number of carbonyl (C=O) groups is 1. The van der Waals surface area contributed by atoms with Gasteiger partial charge < -0.3 is 15.3 Å². The molecule has 2 aromatic rings. The number of nitrogens with zero attached hydrogens (tertiary/aromatic N) is 4. The van der Waals surface area contributed by atoms with Gasteiger partial charge in [0.05, 0.1) is 10.5 Å². The van der Waals surface area contributed by atoms with E-state index < -0.39 is 21.4 Å². The molecule has 3 atom stereocenters. The number of piperidine rings is 1. The van der Waals surface area contributed by atoms with Crippen molar-refractivity contribution in [2.24, 2.45) is 24.8 Å². The van der Waals surface area contributed by atoms with E-state index in [-0.39, 0.29) is 52.0 Å². The minimum atomic E-state index is -3.86. The van der Waals surface area contributed by atoms with Crippen LogP contribution in [0.15, 0.2) is 29.2 Å². The Labute approximate surface area is 233 Å². The molecule has 2 unspecified atom stereocenters. The third kappa shape index (κ3) is 4.75. The molecule has 4 saturated carbocycles. The van der Waals surface area contributed by atoms with Gasteiger partial charge in [-0.3, -0.25) is 9.48 Å². The van der Waals surface area contributed by atoms with Crippen molar-refractivity contribution in [1.82, 2.24) is 19.4 Å². The van der Waals surface area contributed by atoms with Crippen molar-refractivity contribution in [3.8, 4) is 0 Å². The lowest BCUT2D eigenvalue weighted by atomic mass is 9.52. The molecule has 2 heterocycles. The highest BCUT2D eigenvalue weighted by Crippen LogP contribution is 2.55. The molecule has 2 N–H and O–H groups in total. The van der Waals surface area contributed by atoms with Crippen molar-refractivity contribution in [3.63, 3.8) is 0 Å². The third-order valence-electron chi connectivity index (χ3n) is 9.39. The zero-order valence-electron chi connectivity index (χ0n) is 22.2. The van der Waals surface area contributed by atoms with Gasteiger partial charge in [0.1, 0.15) is 16.7 Å². The second kappa shape index (κ2) is 9.71. The van der Waals surface area contributed by atoms with Crippen molar-refractivity contribution < 1.29 is 22.7 Å². The minimum Gasteiger partial charge on any atom is -0.390 e. The largest absolute Gasteiger partial charge is 0.390 e. The highest BCUT2D eigenvalue weighted by molar-refractivity contribution is 7.89. The molecule has 4 bridgehead atoms. The molecule has 0 spiro atoms. The molecule has 7 rings (SSSR count). The fraction of sp³-hybridized carbons (Fsp3) is 0.630. The van der Waals surface area contributed by atoms with Crippen LogP contribution in [0.3, 0.4) is 0 Å². The molecular weight excluding hydrogens is 545 g/mol. The molecule has 212 valence electrons. The first-order valence-corrected chi connectivity index (χ1v) is 15.5. The number of sulfonamides is 1. The smallest absolute Gasteiger partial charge is 0.273 e. The number of carbonyl (C=O) groups excluding carboxylic acids is 1. The van der Waals surface area contributed by atoms with E-state index in [4.69, 9.17) is 11.6 Å². The maximum absolute atomic E-state index is 13.7. The number of aliphatic hydroxyl groups is 1. The van der Waals surface area contributed by atoms with Crippen molar-refractivity contribution >= 4 is 33.3 Å². The number of hydrogen-bond acceptors (Lipinski definition) is 6. The van der Waals surface area contributed by atoms with Crippen LogP contribution in [-0.4, -0.2) is 71.3 Å². The maximum Gasteiger partial charge on any atom is 0.273 e. The molecular formula is C27H35ClFN5O4S. The summed E-state index contributed by atoms with van der Waals surface area (Å²) in [5.41, 5.74) is -0.430. The Kier molecular flexibility index (Phi) is 6.72. The zero-order chi connectivity index (χ0) is 27.7. The van der Waals surface area contributed by atoms with E-state index in [1.54, 1.807) is 11.7 Å². The Bertz CT molecular complexity index is 1380. The normalized spacial score (nSPS) is 32.4.